The van der Waals surface area contributed by atoms with Crippen LogP contribution in [-0.4, -0.2) is 16.3 Å². The van der Waals surface area contributed by atoms with Gasteiger partial charge < -0.3 is 5.32 Å². The molecule has 0 aliphatic carbocycles. The molecule has 0 aliphatic heterocycles. The van der Waals surface area contributed by atoms with Gasteiger partial charge in [-0.05, 0) is 25.3 Å². The SMILES string of the molecule is CCCNCc1cnn(CC(C)C)c1CC. The van der Waals surface area contributed by atoms with Gasteiger partial charge in [0.25, 0.3) is 0 Å². The van der Waals surface area contributed by atoms with Gasteiger partial charge in [0, 0.05) is 24.3 Å². The predicted molar refractivity (Wildman–Crippen MR) is 68.4 cm³/mol. The van der Waals surface area contributed by atoms with Crippen molar-refractivity contribution in [2.24, 2.45) is 5.92 Å². The van der Waals surface area contributed by atoms with Crippen LogP contribution in [0.25, 0.3) is 0 Å². The van der Waals surface area contributed by atoms with E-state index in [9.17, 15) is 0 Å². The van der Waals surface area contributed by atoms with Crippen LogP contribution < -0.4 is 5.32 Å². The zero-order valence-corrected chi connectivity index (χ0v) is 11.1. The normalized spacial score (nSPS) is 11.3. The molecule has 0 unspecified atom stereocenters. The molecule has 3 heteroatoms. The summed E-state index contributed by atoms with van der Waals surface area (Å²) in [5.74, 6) is 0.654. The van der Waals surface area contributed by atoms with Crippen LogP contribution in [0.15, 0.2) is 6.20 Å². The van der Waals surface area contributed by atoms with Gasteiger partial charge in [0.1, 0.15) is 0 Å². The van der Waals surface area contributed by atoms with Crippen LogP contribution in [0.4, 0.5) is 0 Å². The standard InChI is InChI=1S/C13H25N3/c1-5-7-14-8-12-9-15-16(10-11(3)4)13(12)6-2/h9,11,14H,5-8,10H2,1-4H3. The van der Waals surface area contributed by atoms with E-state index in [2.05, 4.69) is 42.8 Å². The fraction of sp³-hybridized carbons (Fsp3) is 0.769. The minimum Gasteiger partial charge on any atom is -0.313 e. The third-order valence-electron chi connectivity index (χ3n) is 2.65. The topological polar surface area (TPSA) is 29.9 Å². The first-order valence-corrected chi connectivity index (χ1v) is 6.43. The summed E-state index contributed by atoms with van der Waals surface area (Å²) in [6, 6.07) is 0. The summed E-state index contributed by atoms with van der Waals surface area (Å²) in [6.45, 7) is 11.9. The van der Waals surface area contributed by atoms with E-state index in [0.29, 0.717) is 5.92 Å². The lowest BCUT2D eigenvalue weighted by Gasteiger charge is -2.10. The molecule has 0 spiro atoms. The molecule has 92 valence electrons. The van der Waals surface area contributed by atoms with Crippen molar-refractivity contribution in [1.29, 1.82) is 0 Å². The molecular weight excluding hydrogens is 198 g/mol. The molecule has 1 aromatic rings. The number of hydrogen-bond donors (Lipinski definition) is 1. The fourth-order valence-electron chi connectivity index (χ4n) is 1.91. The first kappa shape index (κ1) is 13.2. The van der Waals surface area contributed by atoms with E-state index in [0.717, 1.165) is 26.1 Å². The van der Waals surface area contributed by atoms with Crippen LogP contribution in [0.3, 0.4) is 0 Å². The van der Waals surface area contributed by atoms with Gasteiger partial charge in [-0.2, -0.15) is 5.10 Å². The Morgan fingerprint density at radius 2 is 2.12 bits per heavy atom. The molecule has 0 fully saturated rings. The molecule has 0 saturated carbocycles. The molecule has 0 atom stereocenters. The van der Waals surface area contributed by atoms with E-state index in [1.165, 1.54) is 17.7 Å². The second kappa shape index (κ2) is 6.69. The van der Waals surface area contributed by atoms with Gasteiger partial charge in [0.15, 0.2) is 0 Å². The fourth-order valence-corrected chi connectivity index (χ4v) is 1.91. The summed E-state index contributed by atoms with van der Waals surface area (Å²) in [6.07, 6.45) is 4.27. The second-order valence-electron chi connectivity index (χ2n) is 4.72. The molecule has 0 amide bonds. The summed E-state index contributed by atoms with van der Waals surface area (Å²) in [5.41, 5.74) is 2.74. The van der Waals surface area contributed by atoms with Crippen molar-refractivity contribution in [2.45, 2.75) is 53.6 Å². The van der Waals surface area contributed by atoms with E-state index in [1.807, 2.05) is 6.20 Å². The van der Waals surface area contributed by atoms with Gasteiger partial charge in [-0.25, -0.2) is 0 Å². The maximum atomic E-state index is 4.48. The van der Waals surface area contributed by atoms with Gasteiger partial charge >= 0.3 is 0 Å². The maximum absolute atomic E-state index is 4.48. The van der Waals surface area contributed by atoms with Crippen LogP contribution >= 0.6 is 0 Å². The van der Waals surface area contributed by atoms with E-state index in [4.69, 9.17) is 0 Å². The lowest BCUT2D eigenvalue weighted by molar-refractivity contribution is 0.469. The first-order valence-electron chi connectivity index (χ1n) is 6.43. The highest BCUT2D eigenvalue weighted by Gasteiger charge is 2.09. The number of aromatic nitrogens is 2. The minimum absolute atomic E-state index is 0.654. The van der Waals surface area contributed by atoms with Crippen LogP contribution in [0, 0.1) is 5.92 Å². The molecule has 1 rings (SSSR count). The third-order valence-corrected chi connectivity index (χ3v) is 2.65. The highest BCUT2D eigenvalue weighted by atomic mass is 15.3. The molecule has 1 N–H and O–H groups in total. The Morgan fingerprint density at radius 3 is 2.69 bits per heavy atom. The van der Waals surface area contributed by atoms with Crippen LogP contribution in [-0.2, 0) is 19.5 Å². The molecule has 0 aromatic carbocycles. The van der Waals surface area contributed by atoms with E-state index >= 15 is 0 Å². The van der Waals surface area contributed by atoms with E-state index in [1.54, 1.807) is 0 Å². The van der Waals surface area contributed by atoms with Crippen LogP contribution in [0.2, 0.25) is 0 Å². The van der Waals surface area contributed by atoms with E-state index in [-0.39, 0.29) is 0 Å². The smallest absolute Gasteiger partial charge is 0.0537 e. The molecule has 0 radical (unpaired) electrons. The summed E-state index contributed by atoms with van der Waals surface area (Å²) in [7, 11) is 0. The highest BCUT2D eigenvalue weighted by Crippen LogP contribution is 2.11. The lowest BCUT2D eigenvalue weighted by atomic mass is 10.2. The monoisotopic (exact) mass is 223 g/mol. The summed E-state index contributed by atoms with van der Waals surface area (Å²) >= 11 is 0. The van der Waals surface area contributed by atoms with Crippen molar-refractivity contribution in [3.63, 3.8) is 0 Å². The van der Waals surface area contributed by atoms with Crippen molar-refractivity contribution < 1.29 is 0 Å². The van der Waals surface area contributed by atoms with Crippen LogP contribution in [0.5, 0.6) is 0 Å². The minimum atomic E-state index is 0.654. The van der Waals surface area contributed by atoms with Crippen molar-refractivity contribution in [2.75, 3.05) is 6.54 Å². The van der Waals surface area contributed by atoms with Gasteiger partial charge in [-0.3, -0.25) is 4.68 Å². The van der Waals surface area contributed by atoms with Gasteiger partial charge in [0.05, 0.1) is 6.20 Å². The Labute approximate surface area is 99.2 Å². The highest BCUT2D eigenvalue weighted by molar-refractivity contribution is 5.17. The quantitative estimate of drug-likeness (QED) is 0.720. The molecule has 0 saturated heterocycles. The van der Waals surface area contributed by atoms with Crippen molar-refractivity contribution in [3.8, 4) is 0 Å². The summed E-state index contributed by atoms with van der Waals surface area (Å²) in [5, 5.41) is 7.92. The average Bonchev–Trinajstić information content (AvgIpc) is 2.60. The molecule has 16 heavy (non-hydrogen) atoms. The first-order chi connectivity index (χ1) is 7.69. The Balaban J connectivity index is 2.66. The molecule has 3 nitrogen and oxygen atoms in total. The average molecular weight is 223 g/mol. The van der Waals surface area contributed by atoms with E-state index < -0.39 is 0 Å². The van der Waals surface area contributed by atoms with Crippen molar-refractivity contribution >= 4 is 0 Å². The molecule has 1 heterocycles. The Morgan fingerprint density at radius 1 is 1.38 bits per heavy atom. The van der Waals surface area contributed by atoms with Crippen molar-refractivity contribution in [1.82, 2.24) is 15.1 Å². The molecule has 1 aromatic heterocycles. The molecular formula is C13H25N3. The largest absolute Gasteiger partial charge is 0.313 e. The predicted octanol–water partition coefficient (Wildman–Crippen LogP) is 2.60. The summed E-state index contributed by atoms with van der Waals surface area (Å²) < 4.78 is 2.16. The van der Waals surface area contributed by atoms with Crippen molar-refractivity contribution in [3.05, 3.63) is 17.5 Å². The Hall–Kier alpha value is -0.830. The van der Waals surface area contributed by atoms with Gasteiger partial charge in [0.2, 0.25) is 0 Å². The van der Waals surface area contributed by atoms with Gasteiger partial charge in [-0.1, -0.05) is 27.7 Å². The molecule has 0 aliphatic rings. The van der Waals surface area contributed by atoms with Gasteiger partial charge in [-0.15, -0.1) is 0 Å². The number of nitrogens with one attached hydrogen (secondary N) is 1. The number of hydrogen-bond acceptors (Lipinski definition) is 2. The number of nitrogens with zero attached hydrogens (tertiary/aromatic N) is 2. The lowest BCUT2D eigenvalue weighted by Crippen LogP contribution is -2.16. The zero-order chi connectivity index (χ0) is 12.0. The Kier molecular flexibility index (Phi) is 5.53. The zero-order valence-electron chi connectivity index (χ0n) is 11.1. The maximum Gasteiger partial charge on any atom is 0.0537 e. The second-order valence-corrected chi connectivity index (χ2v) is 4.72. The number of rotatable bonds is 7. The van der Waals surface area contributed by atoms with Crippen LogP contribution in [0.1, 0.15) is 45.4 Å². The Bertz CT molecular complexity index is 302. The summed E-state index contributed by atoms with van der Waals surface area (Å²) in [4.78, 5) is 0. The third kappa shape index (κ3) is 3.63. The molecule has 0 bridgehead atoms.